The van der Waals surface area contributed by atoms with Gasteiger partial charge in [-0.1, -0.05) is 6.07 Å². The van der Waals surface area contributed by atoms with Crippen LogP contribution in [0.3, 0.4) is 0 Å². The summed E-state index contributed by atoms with van der Waals surface area (Å²) in [6, 6.07) is 3.64. The summed E-state index contributed by atoms with van der Waals surface area (Å²) < 4.78 is 22.3. The Bertz CT molecular complexity index is 687. The Labute approximate surface area is 135 Å². The van der Waals surface area contributed by atoms with Gasteiger partial charge in [-0.25, -0.2) is 0 Å². The highest BCUT2D eigenvalue weighted by atomic mass is 31.2. The summed E-state index contributed by atoms with van der Waals surface area (Å²) in [5.74, 6) is -2.03. The number of para-hydroxylation sites is 1. The van der Waals surface area contributed by atoms with E-state index in [1.54, 1.807) is 0 Å². The van der Waals surface area contributed by atoms with Gasteiger partial charge in [0, 0.05) is 13.0 Å². The van der Waals surface area contributed by atoms with Crippen molar-refractivity contribution in [2.75, 3.05) is 6.54 Å². The molecule has 0 saturated heterocycles. The van der Waals surface area contributed by atoms with Crippen LogP contribution in [0, 0.1) is 0 Å². The second-order valence-corrected chi connectivity index (χ2v) is 8.90. The zero-order chi connectivity index (χ0) is 18.8. The van der Waals surface area contributed by atoms with Crippen molar-refractivity contribution in [3.63, 3.8) is 0 Å². The minimum Gasteiger partial charge on any atom is -0.504 e. The Morgan fingerprint density at radius 3 is 2.12 bits per heavy atom. The van der Waals surface area contributed by atoms with Gasteiger partial charge in [-0.3, -0.25) is 13.9 Å². The summed E-state index contributed by atoms with van der Waals surface area (Å²) in [4.78, 5) is 47.6. The molecule has 0 aliphatic heterocycles. The fourth-order valence-corrected chi connectivity index (χ4v) is 4.05. The molecule has 0 aromatic heterocycles. The molecule has 0 bridgehead atoms. The van der Waals surface area contributed by atoms with Gasteiger partial charge in [0.25, 0.3) is 11.0 Å². The van der Waals surface area contributed by atoms with Crippen LogP contribution in [0.25, 0.3) is 0 Å². The van der Waals surface area contributed by atoms with E-state index in [4.69, 9.17) is 19.6 Å². The van der Waals surface area contributed by atoms with Crippen LogP contribution in [0.2, 0.25) is 0 Å². The normalized spacial score (nSPS) is 12.9. The summed E-state index contributed by atoms with van der Waals surface area (Å²) in [5.41, 5.74) is -0.268. The summed E-state index contributed by atoms with van der Waals surface area (Å²) in [7, 11) is -11.1. The van der Waals surface area contributed by atoms with Gasteiger partial charge in [-0.05, 0) is 18.6 Å². The molecule has 1 rings (SSSR count). The lowest BCUT2D eigenvalue weighted by Crippen LogP contribution is -2.31. The van der Waals surface area contributed by atoms with Crippen molar-refractivity contribution in [3.05, 3.63) is 23.8 Å². The minimum atomic E-state index is -5.54. The molecule has 0 heterocycles. The second-order valence-electron chi connectivity index (χ2n) is 4.90. The van der Waals surface area contributed by atoms with Gasteiger partial charge in [-0.2, -0.15) is 0 Å². The number of rotatable bonds is 7. The molecule has 0 atom stereocenters. The first kappa shape index (κ1) is 20.6. The molecular formula is C11H17NO10P2. The minimum absolute atomic E-state index is 0.268. The van der Waals surface area contributed by atoms with Crippen LogP contribution in [0.4, 0.5) is 0 Å². The SMILES string of the molecule is O=C(NCCCC(O)(P(=O)(O)O)P(=O)(O)O)c1cccc(O)c1O. The average Bonchev–Trinajstić information content (AvgIpc) is 2.43. The van der Waals surface area contributed by atoms with E-state index in [0.717, 1.165) is 6.07 Å². The molecule has 1 aromatic carbocycles. The van der Waals surface area contributed by atoms with E-state index in [1.807, 2.05) is 0 Å². The van der Waals surface area contributed by atoms with Crippen LogP contribution in [0.5, 0.6) is 11.5 Å². The van der Waals surface area contributed by atoms with Crippen LogP contribution in [0.1, 0.15) is 23.2 Å². The Morgan fingerprint density at radius 1 is 1.08 bits per heavy atom. The molecule has 11 nitrogen and oxygen atoms in total. The fraction of sp³-hybridized carbons (Fsp3) is 0.364. The monoisotopic (exact) mass is 385 g/mol. The maximum absolute atomic E-state index is 11.8. The third-order valence-corrected chi connectivity index (χ3v) is 7.04. The number of benzene rings is 1. The molecule has 1 amide bonds. The zero-order valence-corrected chi connectivity index (χ0v) is 13.9. The number of phenols is 2. The van der Waals surface area contributed by atoms with E-state index < -0.39 is 44.1 Å². The lowest BCUT2D eigenvalue weighted by Gasteiger charge is -2.29. The molecule has 0 spiro atoms. The summed E-state index contributed by atoms with van der Waals surface area (Å²) in [6.45, 7) is -0.309. The quantitative estimate of drug-likeness (QED) is 0.173. The summed E-state index contributed by atoms with van der Waals surface area (Å²) in [5, 5.41) is 27.1. The number of aromatic hydroxyl groups is 2. The smallest absolute Gasteiger partial charge is 0.369 e. The molecular weight excluding hydrogens is 368 g/mol. The van der Waals surface area contributed by atoms with E-state index >= 15 is 0 Å². The maximum Gasteiger partial charge on any atom is 0.369 e. The summed E-state index contributed by atoms with van der Waals surface area (Å²) >= 11 is 0. The summed E-state index contributed by atoms with van der Waals surface area (Å²) in [6.07, 6.45) is -1.36. The molecule has 136 valence electrons. The van der Waals surface area contributed by atoms with Crippen molar-refractivity contribution in [3.8, 4) is 11.5 Å². The number of hydrogen-bond acceptors (Lipinski definition) is 6. The number of nitrogens with one attached hydrogen (secondary N) is 1. The molecule has 0 aliphatic carbocycles. The molecule has 0 fully saturated rings. The molecule has 13 heteroatoms. The molecule has 0 unspecified atom stereocenters. The number of phenolic OH excluding ortho intramolecular Hbond substituents is 2. The highest BCUT2D eigenvalue weighted by molar-refractivity contribution is 7.72. The zero-order valence-electron chi connectivity index (χ0n) is 12.1. The molecule has 1 aromatic rings. The predicted molar refractivity (Wildman–Crippen MR) is 80.4 cm³/mol. The van der Waals surface area contributed by atoms with Crippen molar-refractivity contribution in [2.24, 2.45) is 0 Å². The van der Waals surface area contributed by atoms with E-state index in [-0.39, 0.29) is 18.5 Å². The Hall–Kier alpha value is -1.45. The van der Waals surface area contributed by atoms with E-state index in [9.17, 15) is 29.2 Å². The average molecular weight is 385 g/mol. The van der Waals surface area contributed by atoms with Gasteiger partial charge < -0.3 is 40.2 Å². The maximum atomic E-state index is 11.8. The highest BCUT2D eigenvalue weighted by Gasteiger charge is 2.58. The molecule has 8 N–H and O–H groups in total. The Kier molecular flexibility index (Phi) is 6.18. The first-order valence-corrected chi connectivity index (χ1v) is 9.66. The van der Waals surface area contributed by atoms with Crippen molar-refractivity contribution in [1.29, 1.82) is 0 Å². The van der Waals surface area contributed by atoms with E-state index in [2.05, 4.69) is 5.32 Å². The van der Waals surface area contributed by atoms with Crippen molar-refractivity contribution >= 4 is 21.1 Å². The molecule has 24 heavy (non-hydrogen) atoms. The van der Waals surface area contributed by atoms with Gasteiger partial charge in [0.15, 0.2) is 11.5 Å². The second kappa shape index (κ2) is 7.20. The Balaban J connectivity index is 2.71. The number of carbonyl (C=O) groups excluding carboxylic acids is 1. The molecule has 0 saturated carbocycles. The third kappa shape index (κ3) is 4.34. The lowest BCUT2D eigenvalue weighted by atomic mass is 10.1. The third-order valence-electron chi connectivity index (χ3n) is 3.17. The number of amides is 1. The van der Waals surface area contributed by atoms with Gasteiger partial charge >= 0.3 is 15.2 Å². The van der Waals surface area contributed by atoms with Crippen LogP contribution in [0.15, 0.2) is 18.2 Å². The van der Waals surface area contributed by atoms with Crippen LogP contribution in [-0.4, -0.2) is 52.4 Å². The van der Waals surface area contributed by atoms with Gasteiger partial charge in [0.1, 0.15) is 0 Å². The highest BCUT2D eigenvalue weighted by Crippen LogP contribution is 2.69. The molecule has 0 radical (unpaired) electrons. The lowest BCUT2D eigenvalue weighted by molar-refractivity contribution is 0.0943. The predicted octanol–water partition coefficient (Wildman–Crippen LogP) is -0.391. The van der Waals surface area contributed by atoms with Crippen LogP contribution >= 0.6 is 15.2 Å². The fourth-order valence-electron chi connectivity index (χ4n) is 1.80. The van der Waals surface area contributed by atoms with E-state index in [1.165, 1.54) is 12.1 Å². The van der Waals surface area contributed by atoms with Crippen molar-refractivity contribution in [2.45, 2.75) is 17.9 Å². The van der Waals surface area contributed by atoms with Crippen molar-refractivity contribution in [1.82, 2.24) is 5.32 Å². The van der Waals surface area contributed by atoms with Crippen molar-refractivity contribution < 1.29 is 48.8 Å². The van der Waals surface area contributed by atoms with Gasteiger partial charge in [0.05, 0.1) is 5.56 Å². The Morgan fingerprint density at radius 2 is 1.62 bits per heavy atom. The molecule has 0 aliphatic rings. The number of carbonyl (C=O) groups is 1. The van der Waals surface area contributed by atoms with Crippen LogP contribution in [-0.2, 0) is 9.13 Å². The van der Waals surface area contributed by atoms with Gasteiger partial charge in [-0.15, -0.1) is 0 Å². The largest absolute Gasteiger partial charge is 0.504 e. The number of aliphatic hydroxyl groups is 1. The van der Waals surface area contributed by atoms with E-state index in [0.29, 0.717) is 0 Å². The number of hydrogen-bond donors (Lipinski definition) is 8. The first-order chi connectivity index (χ1) is 10.8. The van der Waals surface area contributed by atoms with Gasteiger partial charge in [0.2, 0.25) is 0 Å². The standard InChI is InChI=1S/C11H17NO10P2/c13-8-4-1-3-7(9(8)14)10(15)12-6-2-5-11(16,23(17,18)19)24(20,21)22/h1,3-4,13-14,16H,2,5-6H2,(H,12,15)(H2,17,18,19)(H2,20,21,22). The topological polar surface area (TPSA) is 205 Å². The first-order valence-electron chi connectivity index (χ1n) is 6.44. The van der Waals surface area contributed by atoms with Crippen LogP contribution < -0.4 is 5.32 Å².